The second kappa shape index (κ2) is 8.02. The molecule has 0 aromatic carbocycles. The molecule has 3 fully saturated rings. The Balaban J connectivity index is 1.49. The van der Waals surface area contributed by atoms with Gasteiger partial charge in [-0.1, -0.05) is 6.92 Å². The van der Waals surface area contributed by atoms with E-state index >= 15 is 0 Å². The van der Waals surface area contributed by atoms with E-state index in [0.717, 1.165) is 32.4 Å². The van der Waals surface area contributed by atoms with E-state index in [4.69, 9.17) is 14.2 Å². The van der Waals surface area contributed by atoms with Gasteiger partial charge < -0.3 is 19.1 Å². The fraction of sp³-hybridized carbons (Fsp3) is 0.944. The lowest BCUT2D eigenvalue weighted by molar-refractivity contribution is -0.0216. The van der Waals surface area contributed by atoms with Crippen molar-refractivity contribution in [3.8, 4) is 0 Å². The lowest BCUT2D eigenvalue weighted by Crippen LogP contribution is -2.48. The molecular formula is C18H32N2O4. The van der Waals surface area contributed by atoms with Crippen molar-refractivity contribution in [2.75, 3.05) is 46.1 Å². The summed E-state index contributed by atoms with van der Waals surface area (Å²) in [4.78, 5) is 16.5. The second-order valence-electron chi connectivity index (χ2n) is 7.42. The third-order valence-corrected chi connectivity index (χ3v) is 5.91. The molecule has 3 rings (SSSR count). The van der Waals surface area contributed by atoms with Crippen LogP contribution in [0.15, 0.2) is 0 Å². The van der Waals surface area contributed by atoms with Gasteiger partial charge >= 0.3 is 6.09 Å². The molecule has 0 radical (unpaired) electrons. The highest BCUT2D eigenvalue weighted by molar-refractivity contribution is 5.67. The Hall–Kier alpha value is -0.850. The molecule has 0 aromatic heterocycles. The Morgan fingerprint density at radius 1 is 1.29 bits per heavy atom. The maximum atomic E-state index is 12.2. The van der Waals surface area contributed by atoms with Crippen LogP contribution < -0.4 is 0 Å². The van der Waals surface area contributed by atoms with Crippen LogP contribution in [0.1, 0.15) is 46.0 Å². The second-order valence-corrected chi connectivity index (χ2v) is 7.42. The largest absolute Gasteiger partial charge is 0.448 e. The average molecular weight is 340 g/mol. The molecule has 2 unspecified atom stereocenters. The number of hydrogen-bond acceptors (Lipinski definition) is 5. The Labute approximate surface area is 145 Å². The summed E-state index contributed by atoms with van der Waals surface area (Å²) in [6, 6.07) is 0.345. The minimum atomic E-state index is -0.189. The quantitative estimate of drug-likeness (QED) is 0.742. The summed E-state index contributed by atoms with van der Waals surface area (Å²) in [5.41, 5.74) is 0.180. The number of rotatable bonds is 6. The van der Waals surface area contributed by atoms with Gasteiger partial charge in [-0.15, -0.1) is 0 Å². The summed E-state index contributed by atoms with van der Waals surface area (Å²) >= 11 is 0. The summed E-state index contributed by atoms with van der Waals surface area (Å²) in [6.45, 7) is 9.23. The van der Waals surface area contributed by atoms with Crippen LogP contribution in [0.25, 0.3) is 0 Å². The number of fused-ring (bicyclic) bond motifs is 1. The van der Waals surface area contributed by atoms with Crippen molar-refractivity contribution < 1.29 is 19.0 Å². The number of morpholine rings is 1. The maximum Gasteiger partial charge on any atom is 0.409 e. The minimum absolute atomic E-state index is 0.180. The summed E-state index contributed by atoms with van der Waals surface area (Å²) in [5, 5.41) is 0. The third-order valence-electron chi connectivity index (χ3n) is 5.91. The van der Waals surface area contributed by atoms with E-state index in [0.29, 0.717) is 45.1 Å². The van der Waals surface area contributed by atoms with Gasteiger partial charge in [0.05, 0.1) is 25.9 Å². The molecule has 24 heavy (non-hydrogen) atoms. The minimum Gasteiger partial charge on any atom is -0.448 e. The number of hydrogen-bond donors (Lipinski definition) is 0. The van der Waals surface area contributed by atoms with Gasteiger partial charge in [-0.2, -0.15) is 0 Å². The number of nitrogens with zero attached hydrogens (tertiary/aromatic N) is 2. The van der Waals surface area contributed by atoms with E-state index in [2.05, 4.69) is 18.7 Å². The molecule has 138 valence electrons. The van der Waals surface area contributed by atoms with Crippen LogP contribution in [0, 0.1) is 0 Å². The Morgan fingerprint density at radius 3 is 2.83 bits per heavy atom. The highest BCUT2D eigenvalue weighted by Crippen LogP contribution is 2.42. The summed E-state index contributed by atoms with van der Waals surface area (Å²) in [7, 11) is 0. The first-order valence-electron chi connectivity index (χ1n) is 9.52. The van der Waals surface area contributed by atoms with E-state index in [1.165, 1.54) is 12.8 Å². The lowest BCUT2D eigenvalue weighted by Gasteiger charge is -2.35. The number of amides is 1. The van der Waals surface area contributed by atoms with E-state index in [-0.39, 0.29) is 11.6 Å². The standard InChI is InChI=1S/C18H32N2O4/c1-3-15(2)24-14-18-6-4-8-20(18)16(5-7-18)13-23-17(21)19-9-11-22-12-10-19/h15-16H,3-14H2,1-2H3/t15-,16?,18?/m0/s1. The predicted molar refractivity (Wildman–Crippen MR) is 91.1 cm³/mol. The number of carbonyl (C=O) groups excluding carboxylic acids is 1. The van der Waals surface area contributed by atoms with Gasteiger partial charge in [0.1, 0.15) is 6.61 Å². The molecule has 3 aliphatic heterocycles. The molecule has 0 N–H and O–H groups in total. The zero-order valence-corrected chi connectivity index (χ0v) is 15.2. The zero-order chi connectivity index (χ0) is 17.0. The Morgan fingerprint density at radius 2 is 2.08 bits per heavy atom. The van der Waals surface area contributed by atoms with Crippen molar-refractivity contribution in [3.05, 3.63) is 0 Å². The fourth-order valence-electron chi connectivity index (χ4n) is 4.21. The van der Waals surface area contributed by atoms with Crippen LogP contribution in [0.4, 0.5) is 4.79 Å². The number of ether oxygens (including phenoxy) is 3. The molecule has 0 spiro atoms. The van der Waals surface area contributed by atoms with E-state index in [1.54, 1.807) is 4.90 Å². The molecule has 6 nitrogen and oxygen atoms in total. The van der Waals surface area contributed by atoms with Gasteiger partial charge in [0.15, 0.2) is 0 Å². The van der Waals surface area contributed by atoms with Crippen molar-refractivity contribution in [3.63, 3.8) is 0 Å². The van der Waals surface area contributed by atoms with Crippen LogP contribution in [-0.2, 0) is 14.2 Å². The smallest absolute Gasteiger partial charge is 0.409 e. The van der Waals surface area contributed by atoms with E-state index in [9.17, 15) is 4.79 Å². The van der Waals surface area contributed by atoms with E-state index in [1.807, 2.05) is 0 Å². The highest BCUT2D eigenvalue weighted by Gasteiger charge is 2.49. The molecule has 0 bridgehead atoms. The van der Waals surface area contributed by atoms with Gasteiger partial charge in [0.25, 0.3) is 0 Å². The normalized spacial score (nSPS) is 31.9. The Bertz CT molecular complexity index is 427. The van der Waals surface area contributed by atoms with Crippen molar-refractivity contribution in [2.45, 2.75) is 63.6 Å². The predicted octanol–water partition coefficient (Wildman–Crippen LogP) is 2.27. The van der Waals surface area contributed by atoms with Crippen LogP contribution in [0.5, 0.6) is 0 Å². The first-order chi connectivity index (χ1) is 11.6. The molecule has 3 saturated heterocycles. The van der Waals surface area contributed by atoms with Crippen molar-refractivity contribution in [1.29, 1.82) is 0 Å². The molecule has 3 heterocycles. The monoisotopic (exact) mass is 340 g/mol. The molecule has 3 atom stereocenters. The topological polar surface area (TPSA) is 51.2 Å². The van der Waals surface area contributed by atoms with Gasteiger partial charge in [-0.3, -0.25) is 4.90 Å². The molecule has 0 saturated carbocycles. The van der Waals surface area contributed by atoms with Gasteiger partial charge in [-0.25, -0.2) is 4.79 Å². The highest BCUT2D eigenvalue weighted by atomic mass is 16.6. The van der Waals surface area contributed by atoms with Crippen molar-refractivity contribution in [1.82, 2.24) is 9.80 Å². The van der Waals surface area contributed by atoms with Crippen LogP contribution in [0.3, 0.4) is 0 Å². The van der Waals surface area contributed by atoms with Crippen LogP contribution in [-0.4, -0.2) is 79.6 Å². The molecule has 0 aromatic rings. The fourth-order valence-corrected chi connectivity index (χ4v) is 4.21. The maximum absolute atomic E-state index is 12.2. The molecular weight excluding hydrogens is 308 g/mol. The summed E-state index contributed by atoms with van der Waals surface area (Å²) in [5.74, 6) is 0. The van der Waals surface area contributed by atoms with E-state index < -0.39 is 0 Å². The lowest BCUT2D eigenvalue weighted by atomic mass is 9.95. The zero-order valence-electron chi connectivity index (χ0n) is 15.2. The van der Waals surface area contributed by atoms with Gasteiger partial charge in [0.2, 0.25) is 0 Å². The summed E-state index contributed by atoms with van der Waals surface area (Å²) < 4.78 is 17.0. The summed E-state index contributed by atoms with van der Waals surface area (Å²) in [6.07, 6.45) is 5.86. The molecule has 1 amide bonds. The van der Waals surface area contributed by atoms with Crippen LogP contribution >= 0.6 is 0 Å². The molecule has 6 heteroatoms. The SMILES string of the molecule is CC[C@H](C)OCC12CCCN1C(COC(=O)N1CCOCC1)CC2. The van der Waals surface area contributed by atoms with Gasteiger partial charge in [0, 0.05) is 24.7 Å². The third kappa shape index (κ3) is 3.86. The first-order valence-corrected chi connectivity index (χ1v) is 9.52. The van der Waals surface area contributed by atoms with Crippen molar-refractivity contribution in [2.24, 2.45) is 0 Å². The van der Waals surface area contributed by atoms with Gasteiger partial charge in [-0.05, 0) is 45.6 Å². The van der Waals surface area contributed by atoms with Crippen LogP contribution in [0.2, 0.25) is 0 Å². The Kier molecular flexibility index (Phi) is 6.00. The average Bonchev–Trinajstić information content (AvgIpc) is 3.18. The first kappa shape index (κ1) is 18.0. The molecule has 0 aliphatic carbocycles. The van der Waals surface area contributed by atoms with Crippen molar-refractivity contribution >= 4 is 6.09 Å². The molecule has 3 aliphatic rings. The number of carbonyl (C=O) groups is 1.